The topological polar surface area (TPSA) is 56.5 Å². The predicted molar refractivity (Wildman–Crippen MR) is 78.9 cm³/mol. The number of ketones is 1. The molecule has 0 bridgehead atoms. The maximum atomic E-state index is 12.4. The van der Waals surface area contributed by atoms with E-state index in [1.807, 2.05) is 6.07 Å². The zero-order valence-corrected chi connectivity index (χ0v) is 11.3. The van der Waals surface area contributed by atoms with Crippen LogP contribution < -0.4 is 10.4 Å². The third kappa shape index (κ3) is 2.43. The predicted octanol–water partition coefficient (Wildman–Crippen LogP) is 3.03. The van der Waals surface area contributed by atoms with Crippen LogP contribution in [0.15, 0.2) is 63.8 Å². The van der Waals surface area contributed by atoms with Crippen molar-refractivity contribution in [3.63, 3.8) is 0 Å². The molecule has 0 unspecified atom stereocenters. The van der Waals surface area contributed by atoms with Gasteiger partial charge in [0.2, 0.25) is 0 Å². The minimum Gasteiger partial charge on any atom is -0.497 e. The van der Waals surface area contributed by atoms with Gasteiger partial charge in [0, 0.05) is 10.9 Å². The normalized spacial score (nSPS) is 10.5. The highest BCUT2D eigenvalue weighted by Crippen LogP contribution is 2.21. The number of ether oxygens (including phenoxy) is 1. The first-order valence-electron chi connectivity index (χ1n) is 6.40. The Bertz CT molecular complexity index is 863. The Labute approximate surface area is 120 Å². The Morgan fingerprint density at radius 1 is 1.05 bits per heavy atom. The molecule has 104 valence electrons. The van der Waals surface area contributed by atoms with E-state index in [0.29, 0.717) is 22.3 Å². The van der Waals surface area contributed by atoms with Crippen LogP contribution in [0.25, 0.3) is 11.0 Å². The highest BCUT2D eigenvalue weighted by molar-refractivity contribution is 6.09. The molecular weight excluding hydrogens is 268 g/mol. The highest BCUT2D eigenvalue weighted by atomic mass is 16.5. The third-order valence-corrected chi connectivity index (χ3v) is 3.22. The summed E-state index contributed by atoms with van der Waals surface area (Å²) in [6.45, 7) is 0. The van der Waals surface area contributed by atoms with Crippen LogP contribution in [-0.2, 0) is 0 Å². The number of hydrogen-bond acceptors (Lipinski definition) is 4. The number of rotatable bonds is 3. The summed E-state index contributed by atoms with van der Waals surface area (Å²) < 4.78 is 10.3. The van der Waals surface area contributed by atoms with Gasteiger partial charge >= 0.3 is 5.63 Å². The smallest absolute Gasteiger partial charge is 0.347 e. The van der Waals surface area contributed by atoms with Gasteiger partial charge in [0.05, 0.1) is 7.11 Å². The van der Waals surface area contributed by atoms with E-state index in [0.717, 1.165) is 0 Å². The van der Waals surface area contributed by atoms with E-state index in [4.69, 9.17) is 9.15 Å². The molecule has 0 spiro atoms. The van der Waals surface area contributed by atoms with Crippen LogP contribution in [0.1, 0.15) is 15.9 Å². The van der Waals surface area contributed by atoms with Crippen molar-refractivity contribution >= 4 is 16.8 Å². The van der Waals surface area contributed by atoms with Gasteiger partial charge in [-0.1, -0.05) is 30.3 Å². The second-order valence-electron chi connectivity index (χ2n) is 4.55. The molecule has 3 rings (SSSR count). The number of methoxy groups -OCH3 is 1. The van der Waals surface area contributed by atoms with E-state index in [2.05, 4.69) is 0 Å². The maximum Gasteiger partial charge on any atom is 0.347 e. The molecule has 0 aliphatic carbocycles. The third-order valence-electron chi connectivity index (χ3n) is 3.22. The van der Waals surface area contributed by atoms with Crippen LogP contribution in [0.5, 0.6) is 5.75 Å². The van der Waals surface area contributed by atoms with Gasteiger partial charge in [-0.3, -0.25) is 4.79 Å². The van der Waals surface area contributed by atoms with Gasteiger partial charge in [-0.05, 0) is 24.3 Å². The van der Waals surface area contributed by atoms with Crippen molar-refractivity contribution in [3.8, 4) is 5.75 Å². The van der Waals surface area contributed by atoms with Gasteiger partial charge in [0.25, 0.3) is 0 Å². The van der Waals surface area contributed by atoms with Gasteiger partial charge in [-0.2, -0.15) is 0 Å². The Morgan fingerprint density at radius 3 is 2.52 bits per heavy atom. The average Bonchev–Trinajstić information content (AvgIpc) is 2.54. The Kier molecular flexibility index (Phi) is 3.28. The Hall–Kier alpha value is -2.88. The molecule has 0 fully saturated rings. The molecule has 4 heteroatoms. The molecule has 21 heavy (non-hydrogen) atoms. The van der Waals surface area contributed by atoms with Crippen molar-refractivity contribution in [1.82, 2.24) is 0 Å². The first-order valence-corrected chi connectivity index (χ1v) is 6.40. The van der Waals surface area contributed by atoms with Gasteiger partial charge in [-0.25, -0.2) is 4.79 Å². The molecule has 0 atom stereocenters. The van der Waals surface area contributed by atoms with E-state index in [1.54, 1.807) is 55.6 Å². The average molecular weight is 280 g/mol. The second kappa shape index (κ2) is 5.25. The summed E-state index contributed by atoms with van der Waals surface area (Å²) in [7, 11) is 1.55. The number of hydrogen-bond donors (Lipinski definition) is 0. The molecule has 0 radical (unpaired) electrons. The fraction of sp³-hybridized carbons (Fsp3) is 0.0588. The second-order valence-corrected chi connectivity index (χ2v) is 4.55. The van der Waals surface area contributed by atoms with Crippen LogP contribution in [-0.4, -0.2) is 12.9 Å². The van der Waals surface area contributed by atoms with Crippen molar-refractivity contribution in [2.75, 3.05) is 7.11 Å². The lowest BCUT2D eigenvalue weighted by molar-refractivity contribution is 0.103. The number of carbonyl (C=O) groups excluding carboxylic acids is 1. The minimum atomic E-state index is -0.637. The summed E-state index contributed by atoms with van der Waals surface area (Å²) in [5, 5.41) is 0.647. The van der Waals surface area contributed by atoms with Gasteiger partial charge in [0.15, 0.2) is 5.78 Å². The lowest BCUT2D eigenvalue weighted by Crippen LogP contribution is -2.14. The fourth-order valence-corrected chi connectivity index (χ4v) is 2.13. The molecule has 1 heterocycles. The Morgan fingerprint density at radius 2 is 1.81 bits per heavy atom. The monoisotopic (exact) mass is 280 g/mol. The zero-order chi connectivity index (χ0) is 14.8. The number of carbonyl (C=O) groups is 1. The van der Waals surface area contributed by atoms with Crippen molar-refractivity contribution in [1.29, 1.82) is 0 Å². The SMILES string of the molecule is COc1ccc2oc(=O)c(C(=O)c3ccccc3)cc2c1. The number of benzene rings is 2. The minimum absolute atomic E-state index is 0.0157. The summed E-state index contributed by atoms with van der Waals surface area (Å²) in [5.41, 5.74) is 0.251. The van der Waals surface area contributed by atoms with Crippen molar-refractivity contribution < 1.29 is 13.9 Å². The fourth-order valence-electron chi connectivity index (χ4n) is 2.13. The van der Waals surface area contributed by atoms with Crippen molar-refractivity contribution in [2.45, 2.75) is 0 Å². The maximum absolute atomic E-state index is 12.4. The van der Waals surface area contributed by atoms with Gasteiger partial charge in [0.1, 0.15) is 16.9 Å². The van der Waals surface area contributed by atoms with E-state index in [1.165, 1.54) is 0 Å². The Balaban J connectivity index is 2.16. The first kappa shape index (κ1) is 13.1. The lowest BCUT2D eigenvalue weighted by Gasteiger charge is -2.04. The quantitative estimate of drug-likeness (QED) is 0.546. The van der Waals surface area contributed by atoms with Gasteiger partial charge < -0.3 is 9.15 Å². The molecule has 2 aromatic carbocycles. The van der Waals surface area contributed by atoms with Crippen LogP contribution in [0.2, 0.25) is 0 Å². The van der Waals surface area contributed by atoms with Crippen molar-refractivity contribution in [3.05, 3.63) is 76.1 Å². The van der Waals surface area contributed by atoms with Crippen LogP contribution >= 0.6 is 0 Å². The molecule has 0 saturated carbocycles. The van der Waals surface area contributed by atoms with Crippen molar-refractivity contribution in [2.24, 2.45) is 0 Å². The first-order chi connectivity index (χ1) is 10.2. The summed E-state index contributed by atoms with van der Waals surface area (Å²) >= 11 is 0. The van der Waals surface area contributed by atoms with E-state index >= 15 is 0 Å². The lowest BCUT2D eigenvalue weighted by atomic mass is 10.0. The molecule has 0 N–H and O–H groups in total. The molecule has 3 aromatic rings. The summed E-state index contributed by atoms with van der Waals surface area (Å²) in [6.07, 6.45) is 0. The van der Waals surface area contributed by atoms with Gasteiger partial charge in [-0.15, -0.1) is 0 Å². The van der Waals surface area contributed by atoms with Crippen LogP contribution in [0.3, 0.4) is 0 Å². The summed E-state index contributed by atoms with van der Waals surface area (Å²) in [6, 6.07) is 15.2. The molecule has 4 nitrogen and oxygen atoms in total. The molecule has 0 saturated heterocycles. The molecule has 0 aliphatic heterocycles. The summed E-state index contributed by atoms with van der Waals surface area (Å²) in [4.78, 5) is 24.4. The largest absolute Gasteiger partial charge is 0.497 e. The summed E-state index contributed by atoms with van der Waals surface area (Å²) in [5.74, 6) is 0.281. The zero-order valence-electron chi connectivity index (χ0n) is 11.3. The molecular formula is C17H12O4. The molecule has 0 aliphatic rings. The van der Waals surface area contributed by atoms with E-state index < -0.39 is 5.63 Å². The molecule has 0 amide bonds. The van der Waals surface area contributed by atoms with E-state index in [-0.39, 0.29) is 11.3 Å². The van der Waals surface area contributed by atoms with E-state index in [9.17, 15) is 9.59 Å². The van der Waals surface area contributed by atoms with Crippen LogP contribution in [0.4, 0.5) is 0 Å². The van der Waals surface area contributed by atoms with Crippen LogP contribution in [0, 0.1) is 0 Å². The molecule has 1 aromatic heterocycles. The standard InChI is InChI=1S/C17H12O4/c1-20-13-7-8-15-12(9-13)10-14(17(19)21-15)16(18)11-5-3-2-4-6-11/h2-10H,1H3. The number of fused-ring (bicyclic) bond motifs is 1. The highest BCUT2D eigenvalue weighted by Gasteiger charge is 2.15.